The Kier molecular flexibility index (Phi) is 2.50. The molecule has 0 N–H and O–H groups in total. The van der Waals surface area contributed by atoms with Crippen LogP contribution in [0.5, 0.6) is 11.5 Å². The zero-order valence-electron chi connectivity index (χ0n) is 9.20. The van der Waals surface area contributed by atoms with Crippen molar-refractivity contribution >= 4 is 10.8 Å². The van der Waals surface area contributed by atoms with Crippen molar-refractivity contribution in [2.45, 2.75) is 6.92 Å². The highest BCUT2D eigenvalue weighted by Crippen LogP contribution is 2.34. The summed E-state index contributed by atoms with van der Waals surface area (Å²) in [6.45, 7) is 2.07. The van der Waals surface area contributed by atoms with Gasteiger partial charge in [0.2, 0.25) is 0 Å². The third-order valence-corrected chi connectivity index (χ3v) is 2.61. The van der Waals surface area contributed by atoms with Crippen LogP contribution >= 0.6 is 0 Å². The van der Waals surface area contributed by atoms with Crippen LogP contribution in [0, 0.1) is 6.92 Å². The first-order valence-electron chi connectivity index (χ1n) is 4.88. The zero-order valence-corrected chi connectivity index (χ0v) is 9.20. The number of hydrogen-bond acceptors (Lipinski definition) is 2. The molecule has 0 spiro atoms. The van der Waals surface area contributed by atoms with Crippen molar-refractivity contribution in [3.8, 4) is 11.5 Å². The Morgan fingerprint density at radius 1 is 0.867 bits per heavy atom. The van der Waals surface area contributed by atoms with Crippen LogP contribution in [0.1, 0.15) is 5.56 Å². The smallest absolute Gasteiger partial charge is 0.127 e. The first-order valence-corrected chi connectivity index (χ1v) is 4.88. The van der Waals surface area contributed by atoms with Crippen molar-refractivity contribution in [2.75, 3.05) is 14.2 Å². The molecule has 15 heavy (non-hydrogen) atoms. The summed E-state index contributed by atoms with van der Waals surface area (Å²) in [4.78, 5) is 0. The van der Waals surface area contributed by atoms with E-state index in [1.54, 1.807) is 14.2 Å². The number of ether oxygens (including phenoxy) is 2. The SMILES string of the molecule is COc1ccc(C)c2c(OC)cccc12. The Morgan fingerprint density at radius 2 is 1.60 bits per heavy atom. The van der Waals surface area contributed by atoms with Gasteiger partial charge in [-0.3, -0.25) is 0 Å². The molecule has 0 aliphatic rings. The maximum atomic E-state index is 5.35. The standard InChI is InChI=1S/C13H14O2/c1-9-7-8-11(14-2)10-5-4-6-12(15-3)13(9)10/h4-8H,1-3H3. The lowest BCUT2D eigenvalue weighted by atomic mass is 10.0. The predicted octanol–water partition coefficient (Wildman–Crippen LogP) is 3.17. The molecule has 0 saturated heterocycles. The van der Waals surface area contributed by atoms with Crippen LogP contribution in [0.4, 0.5) is 0 Å². The minimum atomic E-state index is 0.884. The van der Waals surface area contributed by atoms with E-state index >= 15 is 0 Å². The topological polar surface area (TPSA) is 18.5 Å². The molecular weight excluding hydrogens is 188 g/mol. The Labute approximate surface area is 89.4 Å². The summed E-state index contributed by atoms with van der Waals surface area (Å²) in [5.74, 6) is 1.78. The second-order valence-electron chi connectivity index (χ2n) is 3.47. The van der Waals surface area contributed by atoms with E-state index in [-0.39, 0.29) is 0 Å². The van der Waals surface area contributed by atoms with E-state index in [4.69, 9.17) is 9.47 Å². The fourth-order valence-electron chi connectivity index (χ4n) is 1.87. The van der Waals surface area contributed by atoms with Crippen LogP contribution in [-0.2, 0) is 0 Å². The van der Waals surface area contributed by atoms with Crippen LogP contribution in [0.3, 0.4) is 0 Å². The predicted molar refractivity (Wildman–Crippen MR) is 61.8 cm³/mol. The molecule has 0 aromatic heterocycles. The number of benzene rings is 2. The molecule has 2 aromatic rings. The maximum Gasteiger partial charge on any atom is 0.127 e. The van der Waals surface area contributed by atoms with E-state index in [2.05, 4.69) is 6.92 Å². The van der Waals surface area contributed by atoms with Gasteiger partial charge in [-0.25, -0.2) is 0 Å². The molecule has 0 saturated carbocycles. The largest absolute Gasteiger partial charge is 0.496 e. The molecule has 0 amide bonds. The molecule has 0 heterocycles. The molecule has 0 aliphatic heterocycles. The average molecular weight is 202 g/mol. The molecule has 0 bridgehead atoms. The van der Waals surface area contributed by atoms with E-state index in [9.17, 15) is 0 Å². The first kappa shape index (κ1) is 9.84. The highest BCUT2D eigenvalue weighted by atomic mass is 16.5. The lowest BCUT2D eigenvalue weighted by molar-refractivity contribution is 0.415. The van der Waals surface area contributed by atoms with E-state index in [0.29, 0.717) is 0 Å². The summed E-state index contributed by atoms with van der Waals surface area (Å²) in [5, 5.41) is 2.22. The zero-order chi connectivity index (χ0) is 10.8. The molecule has 0 atom stereocenters. The Balaban J connectivity index is 2.86. The number of hydrogen-bond donors (Lipinski definition) is 0. The fraction of sp³-hybridized carbons (Fsp3) is 0.231. The van der Waals surface area contributed by atoms with Crippen molar-refractivity contribution < 1.29 is 9.47 Å². The normalized spacial score (nSPS) is 10.3. The van der Waals surface area contributed by atoms with Gasteiger partial charge in [0, 0.05) is 10.8 Å². The van der Waals surface area contributed by atoms with Gasteiger partial charge in [-0.05, 0) is 24.6 Å². The third-order valence-electron chi connectivity index (χ3n) is 2.61. The summed E-state index contributed by atoms with van der Waals surface area (Å²) >= 11 is 0. The highest BCUT2D eigenvalue weighted by molar-refractivity contribution is 5.95. The summed E-state index contributed by atoms with van der Waals surface area (Å²) < 4.78 is 10.7. The molecule has 78 valence electrons. The monoisotopic (exact) mass is 202 g/mol. The summed E-state index contributed by atoms with van der Waals surface area (Å²) in [7, 11) is 3.37. The van der Waals surface area contributed by atoms with E-state index < -0.39 is 0 Å². The highest BCUT2D eigenvalue weighted by Gasteiger charge is 2.07. The molecule has 0 aliphatic carbocycles. The van der Waals surface area contributed by atoms with Gasteiger partial charge < -0.3 is 9.47 Å². The van der Waals surface area contributed by atoms with Crippen molar-refractivity contribution in [3.63, 3.8) is 0 Å². The molecule has 2 aromatic carbocycles. The Hall–Kier alpha value is -1.70. The average Bonchev–Trinajstić information content (AvgIpc) is 2.29. The number of methoxy groups -OCH3 is 2. The Bertz CT molecular complexity index is 489. The van der Waals surface area contributed by atoms with Crippen molar-refractivity contribution in [3.05, 3.63) is 35.9 Å². The Morgan fingerprint density at radius 3 is 2.27 bits per heavy atom. The van der Waals surface area contributed by atoms with Crippen LogP contribution in [0.25, 0.3) is 10.8 Å². The first-order chi connectivity index (χ1) is 7.27. The van der Waals surface area contributed by atoms with Gasteiger partial charge in [0.15, 0.2) is 0 Å². The van der Waals surface area contributed by atoms with Crippen LogP contribution in [0.2, 0.25) is 0 Å². The second kappa shape index (κ2) is 3.81. The third kappa shape index (κ3) is 1.52. The van der Waals surface area contributed by atoms with Crippen LogP contribution in [-0.4, -0.2) is 14.2 Å². The number of fused-ring (bicyclic) bond motifs is 1. The number of rotatable bonds is 2. The maximum absolute atomic E-state index is 5.35. The van der Waals surface area contributed by atoms with Gasteiger partial charge in [0.05, 0.1) is 14.2 Å². The molecule has 2 heteroatoms. The fourth-order valence-corrected chi connectivity index (χ4v) is 1.87. The van der Waals surface area contributed by atoms with Crippen molar-refractivity contribution in [1.29, 1.82) is 0 Å². The molecule has 0 unspecified atom stereocenters. The van der Waals surface area contributed by atoms with Gasteiger partial charge >= 0.3 is 0 Å². The minimum absolute atomic E-state index is 0.884. The van der Waals surface area contributed by atoms with Gasteiger partial charge in [-0.1, -0.05) is 18.2 Å². The quantitative estimate of drug-likeness (QED) is 0.744. The van der Waals surface area contributed by atoms with Crippen molar-refractivity contribution in [1.82, 2.24) is 0 Å². The molecular formula is C13H14O2. The van der Waals surface area contributed by atoms with Gasteiger partial charge in [-0.15, -0.1) is 0 Å². The lowest BCUT2D eigenvalue weighted by Crippen LogP contribution is -1.90. The number of aryl methyl sites for hydroxylation is 1. The van der Waals surface area contributed by atoms with Gasteiger partial charge in [0.25, 0.3) is 0 Å². The van der Waals surface area contributed by atoms with Crippen LogP contribution < -0.4 is 9.47 Å². The molecule has 2 nitrogen and oxygen atoms in total. The van der Waals surface area contributed by atoms with E-state index in [1.807, 2.05) is 30.3 Å². The van der Waals surface area contributed by atoms with Gasteiger partial charge in [-0.2, -0.15) is 0 Å². The molecule has 2 rings (SSSR count). The summed E-state index contributed by atoms with van der Waals surface area (Å²) in [5.41, 5.74) is 1.20. The summed E-state index contributed by atoms with van der Waals surface area (Å²) in [6, 6.07) is 10.0. The second-order valence-corrected chi connectivity index (χ2v) is 3.47. The van der Waals surface area contributed by atoms with E-state index in [1.165, 1.54) is 5.56 Å². The van der Waals surface area contributed by atoms with Gasteiger partial charge in [0.1, 0.15) is 11.5 Å². The molecule has 0 radical (unpaired) electrons. The van der Waals surface area contributed by atoms with Crippen LogP contribution in [0.15, 0.2) is 30.3 Å². The van der Waals surface area contributed by atoms with Crippen molar-refractivity contribution in [2.24, 2.45) is 0 Å². The lowest BCUT2D eigenvalue weighted by Gasteiger charge is -2.11. The molecule has 0 fully saturated rings. The minimum Gasteiger partial charge on any atom is -0.496 e. The van der Waals surface area contributed by atoms with E-state index in [0.717, 1.165) is 22.3 Å². The summed E-state index contributed by atoms with van der Waals surface area (Å²) in [6.07, 6.45) is 0.